The van der Waals surface area contributed by atoms with E-state index in [9.17, 15) is 19.2 Å². The van der Waals surface area contributed by atoms with E-state index in [2.05, 4.69) is 16.0 Å². The van der Waals surface area contributed by atoms with Crippen molar-refractivity contribution in [2.75, 3.05) is 6.61 Å². The van der Waals surface area contributed by atoms with Gasteiger partial charge in [0.1, 0.15) is 24.2 Å². The number of aliphatic hydroxyl groups excluding tert-OH is 1. The zero-order valence-corrected chi connectivity index (χ0v) is 14.9. The Morgan fingerprint density at radius 1 is 0.880 bits per heavy atom. The zero-order chi connectivity index (χ0) is 19.7. The Kier molecular flexibility index (Phi) is 9.69. The lowest BCUT2D eigenvalue weighted by Gasteiger charge is -2.23. The second kappa shape index (κ2) is 10.6. The minimum Gasteiger partial charge on any atom is -0.480 e. The van der Waals surface area contributed by atoms with Gasteiger partial charge in [0.2, 0.25) is 17.7 Å². The third kappa shape index (κ3) is 8.45. The Hall–Kier alpha value is -2.20. The molecule has 3 amide bonds. The lowest BCUT2D eigenvalue weighted by Crippen LogP contribution is -2.56. The average molecular weight is 360 g/mol. The third-order valence-electron chi connectivity index (χ3n) is 3.35. The van der Waals surface area contributed by atoms with E-state index >= 15 is 0 Å². The number of carbonyl (C=O) groups excluding carboxylic acids is 3. The number of hydrogen-bond donors (Lipinski definition) is 6. The van der Waals surface area contributed by atoms with Crippen molar-refractivity contribution in [2.24, 2.45) is 11.7 Å². The summed E-state index contributed by atoms with van der Waals surface area (Å²) in [6.45, 7) is 5.84. The first kappa shape index (κ1) is 22.8. The highest BCUT2D eigenvalue weighted by Gasteiger charge is 2.27. The molecule has 25 heavy (non-hydrogen) atoms. The number of carbonyl (C=O) groups is 4. The third-order valence-corrected chi connectivity index (χ3v) is 3.35. The first-order chi connectivity index (χ1) is 11.5. The normalized spacial score (nSPS) is 15.6. The monoisotopic (exact) mass is 360 g/mol. The molecule has 0 aliphatic carbocycles. The van der Waals surface area contributed by atoms with Gasteiger partial charge in [-0.05, 0) is 26.2 Å². The highest BCUT2D eigenvalue weighted by atomic mass is 16.4. The fraction of sp³-hybridized carbons (Fsp3) is 0.733. The highest BCUT2D eigenvalue weighted by Crippen LogP contribution is 2.06. The van der Waals surface area contributed by atoms with E-state index in [1.54, 1.807) is 0 Å². The molecule has 0 fully saturated rings. The average Bonchev–Trinajstić information content (AvgIpc) is 2.52. The molecule has 0 heterocycles. The number of aliphatic hydroxyl groups is 1. The summed E-state index contributed by atoms with van der Waals surface area (Å²) >= 11 is 0. The SMILES string of the molecule is CC(C)CC(NC(=O)C(N)CO)C(=O)NC(C)C(=O)NC(C)C(=O)O. The van der Waals surface area contributed by atoms with Crippen LogP contribution in [0.1, 0.15) is 34.1 Å². The highest BCUT2D eigenvalue weighted by molar-refractivity contribution is 5.93. The molecule has 0 aromatic carbocycles. The summed E-state index contributed by atoms with van der Waals surface area (Å²) in [6, 6.07) is -4.18. The molecule has 7 N–H and O–H groups in total. The number of aliphatic carboxylic acids is 1. The largest absolute Gasteiger partial charge is 0.480 e. The molecule has 0 aromatic heterocycles. The number of carboxylic acid groups (broad SMARTS) is 1. The van der Waals surface area contributed by atoms with Crippen molar-refractivity contribution in [3.63, 3.8) is 0 Å². The summed E-state index contributed by atoms with van der Waals surface area (Å²) in [5, 5.41) is 24.8. The Morgan fingerprint density at radius 2 is 1.40 bits per heavy atom. The topological polar surface area (TPSA) is 171 Å². The lowest BCUT2D eigenvalue weighted by molar-refractivity contribution is -0.141. The van der Waals surface area contributed by atoms with Crippen molar-refractivity contribution in [3.8, 4) is 0 Å². The summed E-state index contributed by atoms with van der Waals surface area (Å²) in [6.07, 6.45) is 0.301. The maximum absolute atomic E-state index is 12.3. The van der Waals surface area contributed by atoms with E-state index in [4.69, 9.17) is 15.9 Å². The van der Waals surface area contributed by atoms with Gasteiger partial charge in [-0.3, -0.25) is 19.2 Å². The summed E-state index contributed by atoms with van der Waals surface area (Å²) < 4.78 is 0. The van der Waals surface area contributed by atoms with Crippen LogP contribution in [0.5, 0.6) is 0 Å². The van der Waals surface area contributed by atoms with Crippen LogP contribution < -0.4 is 21.7 Å². The van der Waals surface area contributed by atoms with Gasteiger partial charge in [0, 0.05) is 0 Å². The van der Waals surface area contributed by atoms with Gasteiger partial charge in [-0.15, -0.1) is 0 Å². The molecule has 0 bridgehead atoms. The molecule has 4 unspecified atom stereocenters. The first-order valence-corrected chi connectivity index (χ1v) is 7.99. The second-order valence-corrected chi connectivity index (χ2v) is 6.28. The molecule has 0 aromatic rings. The number of amides is 3. The van der Waals surface area contributed by atoms with Gasteiger partial charge in [0.25, 0.3) is 0 Å². The predicted molar refractivity (Wildman–Crippen MR) is 89.3 cm³/mol. The Bertz CT molecular complexity index is 496. The van der Waals surface area contributed by atoms with Crippen LogP contribution in [-0.4, -0.2) is 64.7 Å². The van der Waals surface area contributed by atoms with Gasteiger partial charge >= 0.3 is 5.97 Å². The standard InChI is InChI=1S/C15H28N4O6/c1-7(2)5-11(19-13(22)10(16)6-20)14(23)17-8(3)12(21)18-9(4)15(24)25/h7-11,20H,5-6,16H2,1-4H3,(H,17,23)(H,18,21)(H,19,22)(H,24,25). The smallest absolute Gasteiger partial charge is 0.325 e. The molecule has 4 atom stereocenters. The summed E-state index contributed by atoms with van der Waals surface area (Å²) in [5.41, 5.74) is 5.41. The van der Waals surface area contributed by atoms with Crippen molar-refractivity contribution < 1.29 is 29.4 Å². The van der Waals surface area contributed by atoms with Crippen molar-refractivity contribution in [1.82, 2.24) is 16.0 Å². The van der Waals surface area contributed by atoms with E-state index in [0.29, 0.717) is 6.42 Å². The zero-order valence-electron chi connectivity index (χ0n) is 14.9. The number of nitrogens with two attached hydrogens (primary N) is 1. The maximum Gasteiger partial charge on any atom is 0.325 e. The molecule has 0 saturated carbocycles. The van der Waals surface area contributed by atoms with Crippen LogP contribution in [-0.2, 0) is 19.2 Å². The van der Waals surface area contributed by atoms with Crippen molar-refractivity contribution in [3.05, 3.63) is 0 Å². The van der Waals surface area contributed by atoms with Crippen LogP contribution in [0.15, 0.2) is 0 Å². The van der Waals surface area contributed by atoms with E-state index in [1.807, 2.05) is 13.8 Å². The Morgan fingerprint density at radius 3 is 1.84 bits per heavy atom. The molecular formula is C15H28N4O6. The van der Waals surface area contributed by atoms with Crippen molar-refractivity contribution in [1.29, 1.82) is 0 Å². The van der Waals surface area contributed by atoms with Crippen LogP contribution in [0, 0.1) is 5.92 Å². The summed E-state index contributed by atoms with van der Waals surface area (Å²) in [5.74, 6) is -3.07. The number of hydrogen-bond acceptors (Lipinski definition) is 6. The molecule has 0 aliphatic heterocycles. The lowest BCUT2D eigenvalue weighted by atomic mass is 10.0. The van der Waals surface area contributed by atoms with E-state index in [-0.39, 0.29) is 5.92 Å². The molecule has 0 rings (SSSR count). The minimum absolute atomic E-state index is 0.0672. The Balaban J connectivity index is 4.87. The molecule has 0 saturated heterocycles. The van der Waals surface area contributed by atoms with E-state index < -0.39 is 54.5 Å². The van der Waals surface area contributed by atoms with E-state index in [0.717, 1.165) is 0 Å². The predicted octanol–water partition coefficient (Wildman–Crippen LogP) is -2.07. The first-order valence-electron chi connectivity index (χ1n) is 7.99. The molecule has 0 aliphatic rings. The number of carboxylic acids is 1. The van der Waals surface area contributed by atoms with Crippen molar-refractivity contribution in [2.45, 2.75) is 58.3 Å². The van der Waals surface area contributed by atoms with Crippen molar-refractivity contribution >= 4 is 23.7 Å². The minimum atomic E-state index is -1.20. The Labute approximate surface area is 146 Å². The molecule has 0 radical (unpaired) electrons. The number of nitrogens with one attached hydrogen (secondary N) is 3. The van der Waals surface area contributed by atoms with Gasteiger partial charge in [-0.2, -0.15) is 0 Å². The van der Waals surface area contributed by atoms with E-state index in [1.165, 1.54) is 13.8 Å². The van der Waals surface area contributed by atoms with Crippen LogP contribution in [0.25, 0.3) is 0 Å². The van der Waals surface area contributed by atoms with Crippen LogP contribution in [0.2, 0.25) is 0 Å². The molecule has 10 heteroatoms. The van der Waals surface area contributed by atoms with Gasteiger partial charge in [-0.1, -0.05) is 13.8 Å². The van der Waals surface area contributed by atoms with Gasteiger partial charge in [0.15, 0.2) is 0 Å². The quantitative estimate of drug-likeness (QED) is 0.260. The number of rotatable bonds is 10. The van der Waals surface area contributed by atoms with Crippen LogP contribution in [0.3, 0.4) is 0 Å². The molecular weight excluding hydrogens is 332 g/mol. The summed E-state index contributed by atoms with van der Waals surface area (Å²) in [4.78, 5) is 46.8. The van der Waals surface area contributed by atoms with Gasteiger partial charge in [0.05, 0.1) is 6.61 Å². The van der Waals surface area contributed by atoms with Crippen LogP contribution in [0.4, 0.5) is 0 Å². The summed E-state index contributed by atoms with van der Waals surface area (Å²) in [7, 11) is 0. The van der Waals surface area contributed by atoms with Crippen LogP contribution >= 0.6 is 0 Å². The fourth-order valence-electron chi connectivity index (χ4n) is 1.84. The maximum atomic E-state index is 12.3. The molecule has 10 nitrogen and oxygen atoms in total. The molecule has 144 valence electrons. The van der Waals surface area contributed by atoms with Gasteiger partial charge < -0.3 is 31.9 Å². The van der Waals surface area contributed by atoms with Gasteiger partial charge in [-0.25, -0.2) is 0 Å². The molecule has 0 spiro atoms. The fourth-order valence-corrected chi connectivity index (χ4v) is 1.84. The second-order valence-electron chi connectivity index (χ2n) is 6.28.